The Labute approximate surface area is 251 Å². The van der Waals surface area contributed by atoms with E-state index < -0.39 is 17.3 Å². The zero-order chi connectivity index (χ0) is 27.4. The van der Waals surface area contributed by atoms with Gasteiger partial charge in [0.15, 0.2) is 2.14 Å². The van der Waals surface area contributed by atoms with Crippen molar-refractivity contribution in [3.05, 3.63) is 21.7 Å². The van der Waals surface area contributed by atoms with Crippen LogP contribution in [0, 0.1) is 6.92 Å². The van der Waals surface area contributed by atoms with Crippen LogP contribution >= 0.6 is 78.9 Å². The summed E-state index contributed by atoms with van der Waals surface area (Å²) in [6.07, 6.45) is 6.53. The molecular formula is C24H40Br4O6P2. The van der Waals surface area contributed by atoms with E-state index in [4.69, 9.17) is 18.1 Å². The summed E-state index contributed by atoms with van der Waals surface area (Å²) in [5.41, 5.74) is 1.12. The van der Waals surface area contributed by atoms with E-state index in [1.807, 2.05) is 27.7 Å². The average Bonchev–Trinajstić information content (AvgIpc) is 2.79. The lowest BCUT2D eigenvalue weighted by Crippen LogP contribution is -2.28. The molecule has 1 rings (SSSR count). The van der Waals surface area contributed by atoms with Gasteiger partial charge < -0.3 is 18.1 Å². The Balaban J connectivity index is 3.86. The van der Waals surface area contributed by atoms with Gasteiger partial charge in [-0.3, -0.25) is 9.13 Å². The molecule has 12 heteroatoms. The molecule has 0 radical (unpaired) electrons. The van der Waals surface area contributed by atoms with Crippen molar-refractivity contribution in [2.24, 2.45) is 0 Å². The Kier molecular flexibility index (Phi) is 17.0. The van der Waals surface area contributed by atoms with Crippen molar-refractivity contribution in [3.63, 3.8) is 0 Å². The largest absolute Gasteiger partial charge is 0.362 e. The summed E-state index contributed by atoms with van der Waals surface area (Å²) in [6.45, 7) is 11.1. The molecule has 0 aliphatic heterocycles. The third-order valence-corrected chi connectivity index (χ3v) is 12.0. The van der Waals surface area contributed by atoms with Crippen molar-refractivity contribution >= 4 is 89.5 Å². The fourth-order valence-corrected chi connectivity index (χ4v) is 10.2. The van der Waals surface area contributed by atoms with Crippen LogP contribution < -0.4 is 10.6 Å². The molecule has 0 fully saturated rings. The van der Waals surface area contributed by atoms with E-state index in [-0.39, 0.29) is 13.2 Å². The van der Waals surface area contributed by atoms with E-state index in [1.54, 1.807) is 13.0 Å². The van der Waals surface area contributed by atoms with E-state index >= 15 is 0 Å². The van der Waals surface area contributed by atoms with Crippen LogP contribution in [0.25, 0.3) is 0 Å². The van der Waals surface area contributed by atoms with Gasteiger partial charge >= 0.3 is 15.2 Å². The van der Waals surface area contributed by atoms with Crippen LogP contribution in [0.3, 0.4) is 0 Å². The lowest BCUT2D eigenvalue weighted by atomic mass is 10.2. The van der Waals surface area contributed by atoms with Crippen LogP contribution in [0.4, 0.5) is 0 Å². The molecule has 0 heterocycles. The second kappa shape index (κ2) is 17.3. The third kappa shape index (κ3) is 10.4. The molecule has 0 aliphatic rings. The summed E-state index contributed by atoms with van der Waals surface area (Å²) >= 11 is 14.4. The minimum Gasteiger partial charge on any atom is -0.305 e. The van der Waals surface area contributed by atoms with Crippen molar-refractivity contribution < 1.29 is 27.2 Å². The number of halogens is 4. The zero-order valence-electron chi connectivity index (χ0n) is 21.9. The maximum atomic E-state index is 14.4. The van der Waals surface area contributed by atoms with Crippen molar-refractivity contribution in [1.82, 2.24) is 0 Å². The van der Waals surface area contributed by atoms with E-state index in [1.165, 1.54) is 0 Å². The lowest BCUT2D eigenvalue weighted by Gasteiger charge is -2.28. The summed E-state index contributed by atoms with van der Waals surface area (Å²) in [5, 5.41) is 0.687. The molecule has 0 atom stereocenters. The van der Waals surface area contributed by atoms with E-state index in [0.717, 1.165) is 51.4 Å². The number of benzene rings is 1. The highest BCUT2D eigenvalue weighted by Gasteiger charge is 2.41. The van der Waals surface area contributed by atoms with Crippen molar-refractivity contribution in [1.29, 1.82) is 0 Å². The van der Waals surface area contributed by atoms with Gasteiger partial charge in [-0.05, 0) is 60.2 Å². The van der Waals surface area contributed by atoms with Gasteiger partial charge in [-0.15, -0.1) is 0 Å². The molecular weight excluding hydrogens is 766 g/mol. The van der Waals surface area contributed by atoms with E-state index in [0.29, 0.717) is 39.4 Å². The number of hydrogen-bond acceptors (Lipinski definition) is 6. The summed E-state index contributed by atoms with van der Waals surface area (Å²) in [7, 11) is -7.56. The van der Waals surface area contributed by atoms with Gasteiger partial charge in [0, 0.05) is 10.0 Å². The molecule has 0 aromatic heterocycles. The van der Waals surface area contributed by atoms with Crippen LogP contribution in [0.15, 0.2) is 10.5 Å². The molecule has 1 aromatic carbocycles. The summed E-state index contributed by atoms with van der Waals surface area (Å²) < 4.78 is 52.2. The van der Waals surface area contributed by atoms with Gasteiger partial charge in [-0.25, -0.2) is 0 Å². The number of alkyl halides is 3. The second-order valence-corrected chi connectivity index (χ2v) is 20.0. The quantitative estimate of drug-likeness (QED) is 0.0836. The number of hydrogen-bond donors (Lipinski definition) is 0. The summed E-state index contributed by atoms with van der Waals surface area (Å²) in [4.78, 5) is 0. The fourth-order valence-electron chi connectivity index (χ4n) is 3.20. The Hall–Kier alpha value is 1.44. The van der Waals surface area contributed by atoms with Crippen LogP contribution in [0.5, 0.6) is 0 Å². The highest BCUT2D eigenvalue weighted by atomic mass is 80.0. The molecule has 0 aliphatic carbocycles. The Morgan fingerprint density at radius 1 is 0.722 bits per heavy atom. The monoisotopic (exact) mass is 802 g/mol. The molecule has 0 unspecified atom stereocenters. The third-order valence-electron chi connectivity index (χ3n) is 5.38. The minimum atomic E-state index is -3.80. The van der Waals surface area contributed by atoms with Gasteiger partial charge in [0.2, 0.25) is 0 Å². The number of unbranched alkanes of at least 4 members (excludes halogenated alkanes) is 4. The highest BCUT2D eigenvalue weighted by Crippen LogP contribution is 2.57. The Morgan fingerprint density at radius 3 is 1.42 bits per heavy atom. The molecule has 0 saturated carbocycles. The van der Waals surface area contributed by atoms with Gasteiger partial charge in [0.05, 0.1) is 37.0 Å². The van der Waals surface area contributed by atoms with Gasteiger partial charge in [0.25, 0.3) is 0 Å². The molecule has 6 nitrogen and oxygen atoms in total. The average molecular weight is 806 g/mol. The molecule has 0 bridgehead atoms. The van der Waals surface area contributed by atoms with E-state index in [9.17, 15) is 9.13 Å². The Bertz CT molecular complexity index is 880. The van der Waals surface area contributed by atoms with Gasteiger partial charge in [-0.1, -0.05) is 101 Å². The van der Waals surface area contributed by atoms with Crippen molar-refractivity contribution in [2.75, 3.05) is 26.4 Å². The van der Waals surface area contributed by atoms with Gasteiger partial charge in [-0.2, -0.15) is 0 Å². The predicted molar refractivity (Wildman–Crippen MR) is 165 cm³/mol. The highest BCUT2D eigenvalue weighted by molar-refractivity contribution is 9.38. The predicted octanol–water partition coefficient (Wildman–Crippen LogP) is 9.96. The fraction of sp³-hybridized carbons (Fsp3) is 0.750. The molecule has 210 valence electrons. The molecule has 36 heavy (non-hydrogen) atoms. The molecule has 0 N–H and O–H groups in total. The maximum absolute atomic E-state index is 14.4. The van der Waals surface area contributed by atoms with Crippen LogP contribution in [0.1, 0.15) is 90.2 Å². The number of rotatable bonds is 18. The van der Waals surface area contributed by atoms with E-state index in [2.05, 4.69) is 63.7 Å². The normalized spacial score (nSPS) is 12.9. The summed E-state index contributed by atoms with van der Waals surface area (Å²) in [6, 6.07) is 1.75. The SMILES string of the molecule is CCCCOP(=O)(OCCCC)c1cc(C(Br)(Br)Br)c(Br)c(P(=O)(OCCCC)OCCCC)c1C. The van der Waals surface area contributed by atoms with Crippen LogP contribution in [-0.2, 0) is 29.4 Å². The minimum absolute atomic E-state index is 0.283. The molecule has 0 spiro atoms. The van der Waals surface area contributed by atoms with Crippen LogP contribution in [-0.4, -0.2) is 26.4 Å². The Morgan fingerprint density at radius 2 is 1.08 bits per heavy atom. The first-order valence-corrected chi connectivity index (χ1v) is 18.9. The molecule has 0 amide bonds. The maximum Gasteiger partial charge on any atom is 0.362 e. The van der Waals surface area contributed by atoms with Crippen molar-refractivity contribution in [2.45, 2.75) is 88.1 Å². The summed E-state index contributed by atoms with van der Waals surface area (Å²) in [5.74, 6) is 0. The smallest absolute Gasteiger partial charge is 0.305 e. The first kappa shape index (κ1) is 35.5. The zero-order valence-corrected chi connectivity index (χ0v) is 30.1. The standard InChI is InChI=1S/C24H40Br4O6P2/c1-6-10-14-31-35(29,32-15-11-7-2)21-18-20(24(26,27)28)22(25)23(19(21)5)36(30,33-16-12-8-3)34-17-13-9-4/h18H,6-17H2,1-5H3. The molecule has 0 saturated heterocycles. The topological polar surface area (TPSA) is 71.1 Å². The molecule has 1 aromatic rings. The second-order valence-electron chi connectivity index (χ2n) is 8.47. The van der Waals surface area contributed by atoms with Crippen molar-refractivity contribution in [3.8, 4) is 0 Å². The van der Waals surface area contributed by atoms with Crippen LogP contribution in [0.2, 0.25) is 0 Å². The van der Waals surface area contributed by atoms with Gasteiger partial charge in [0.1, 0.15) is 0 Å². The lowest BCUT2D eigenvalue weighted by molar-refractivity contribution is 0.208. The first-order chi connectivity index (χ1) is 16.9. The first-order valence-electron chi connectivity index (χ1n) is 12.6.